The van der Waals surface area contributed by atoms with Crippen molar-refractivity contribution in [1.29, 1.82) is 0 Å². The summed E-state index contributed by atoms with van der Waals surface area (Å²) < 4.78 is 6.97. The van der Waals surface area contributed by atoms with E-state index in [2.05, 4.69) is 259 Å². The first-order valence-electron chi connectivity index (χ1n) is 26.4. The molecule has 352 valence electrons. The Bertz CT molecular complexity index is 4120. The summed E-state index contributed by atoms with van der Waals surface area (Å²) in [4.78, 5) is 4.93. The maximum absolute atomic E-state index is 6.97. The summed E-state index contributed by atoms with van der Waals surface area (Å²) >= 11 is 0. The zero-order valence-electron chi connectivity index (χ0n) is 41.1. The van der Waals surface area contributed by atoms with Gasteiger partial charge in [-0.1, -0.05) is 195 Å². The lowest BCUT2D eigenvalue weighted by Crippen LogP contribution is -2.26. The van der Waals surface area contributed by atoms with E-state index < -0.39 is 5.41 Å². The van der Waals surface area contributed by atoms with Crippen LogP contribution < -0.4 is 9.80 Å². The van der Waals surface area contributed by atoms with Crippen LogP contribution in [-0.2, 0) is 5.41 Å². The second kappa shape index (κ2) is 17.1. The molecule has 0 radical (unpaired) electrons. The van der Waals surface area contributed by atoms with Gasteiger partial charge in [0.25, 0.3) is 0 Å². The second-order valence-corrected chi connectivity index (χ2v) is 20.6. The highest BCUT2D eigenvalue weighted by Crippen LogP contribution is 2.64. The molecule has 11 aromatic carbocycles. The van der Waals surface area contributed by atoms with E-state index in [-0.39, 0.29) is 0 Å². The van der Waals surface area contributed by atoms with Crippen LogP contribution >= 0.6 is 0 Å². The zero-order valence-corrected chi connectivity index (χ0v) is 41.1. The standard InChI is InChI=1S/C71H52N2O/c1-4-19-47(20-5-1)48-35-37-53(38-36-48)72(52-25-8-3-9-26-52)54-39-41-58-56-27-12-15-31-63(56)71(65(58)45-54)64-32-16-13-28-57(64)59-42-40-55(46-66(59)71)73(67-33-18-30-61-60-29-14-17-34-69(60)74-70(61)67)68-44-51-24-11-10-23-50(51)43-62(68)49-21-6-2-7-22-49/h2-3,6-18,21-47H,1,4-5,19-20H2. The fourth-order valence-electron chi connectivity index (χ4n) is 13.3. The van der Waals surface area contributed by atoms with E-state index in [1.54, 1.807) is 0 Å². The molecule has 0 N–H and O–H groups in total. The van der Waals surface area contributed by atoms with Crippen LogP contribution in [0.4, 0.5) is 34.1 Å². The van der Waals surface area contributed by atoms with Crippen LogP contribution in [0.15, 0.2) is 253 Å². The van der Waals surface area contributed by atoms with Gasteiger partial charge in [0.05, 0.1) is 16.8 Å². The number of hydrogen-bond acceptors (Lipinski definition) is 3. The normalized spacial score (nSPS) is 15.6. The lowest BCUT2D eigenvalue weighted by Gasteiger charge is -2.34. The zero-order chi connectivity index (χ0) is 48.7. The summed E-state index contributed by atoms with van der Waals surface area (Å²) in [6.07, 6.45) is 6.56. The van der Waals surface area contributed by atoms with Gasteiger partial charge < -0.3 is 14.2 Å². The first-order chi connectivity index (χ1) is 36.7. The summed E-state index contributed by atoms with van der Waals surface area (Å²) in [5.41, 5.74) is 21.6. The lowest BCUT2D eigenvalue weighted by atomic mass is 9.70. The molecule has 0 amide bonds. The first-order valence-corrected chi connectivity index (χ1v) is 26.4. The van der Waals surface area contributed by atoms with Gasteiger partial charge in [-0.05, 0) is 158 Å². The largest absolute Gasteiger partial charge is 0.454 e. The molecule has 3 heteroatoms. The van der Waals surface area contributed by atoms with Crippen LogP contribution in [0.5, 0.6) is 0 Å². The molecule has 12 aromatic rings. The van der Waals surface area contributed by atoms with Crippen LogP contribution in [0.3, 0.4) is 0 Å². The number of anilines is 6. The van der Waals surface area contributed by atoms with Gasteiger partial charge in [-0.2, -0.15) is 0 Å². The molecule has 1 heterocycles. The molecule has 1 atom stereocenters. The molecule has 3 aliphatic carbocycles. The van der Waals surface area contributed by atoms with Crippen molar-refractivity contribution in [1.82, 2.24) is 0 Å². The number of benzene rings is 11. The van der Waals surface area contributed by atoms with Gasteiger partial charge >= 0.3 is 0 Å². The highest BCUT2D eigenvalue weighted by atomic mass is 16.3. The van der Waals surface area contributed by atoms with Crippen LogP contribution in [0, 0.1) is 0 Å². The molecule has 0 bridgehead atoms. The molecule has 0 saturated heterocycles. The van der Waals surface area contributed by atoms with E-state index in [0.29, 0.717) is 5.92 Å². The molecule has 15 rings (SSSR count). The fourth-order valence-corrected chi connectivity index (χ4v) is 13.3. The summed E-state index contributed by atoms with van der Waals surface area (Å²) in [6.45, 7) is 0. The smallest absolute Gasteiger partial charge is 0.159 e. The highest BCUT2D eigenvalue weighted by Gasteiger charge is 2.52. The molecule has 1 aromatic heterocycles. The minimum Gasteiger partial charge on any atom is -0.454 e. The minimum absolute atomic E-state index is 0.625. The quantitative estimate of drug-likeness (QED) is 0.151. The molecule has 3 nitrogen and oxygen atoms in total. The summed E-state index contributed by atoms with van der Waals surface area (Å²) in [7, 11) is 0. The van der Waals surface area contributed by atoms with Gasteiger partial charge in [-0.3, -0.25) is 0 Å². The Balaban J connectivity index is 0.987. The van der Waals surface area contributed by atoms with E-state index in [4.69, 9.17) is 4.42 Å². The topological polar surface area (TPSA) is 19.6 Å². The van der Waals surface area contributed by atoms with Crippen molar-refractivity contribution in [2.24, 2.45) is 0 Å². The van der Waals surface area contributed by atoms with E-state index in [1.165, 1.54) is 92.9 Å². The number of nitrogens with zero attached hydrogens (tertiary/aromatic N) is 2. The SMILES string of the molecule is c1ccc(-c2cc3ccccc3cc2N(c2ccc3c(c2)C2(c4ccccc4-c4ccc(N(c5ccccc5)c5ccc(C6CCCCC6)cc5)cc42)c2ccccc2-3)c2cccc3c2oc2ccccc23)cc1. The van der Waals surface area contributed by atoms with Crippen LogP contribution in [0.25, 0.3) is 66.1 Å². The molecule has 1 fully saturated rings. The van der Waals surface area contributed by atoms with E-state index >= 15 is 0 Å². The van der Waals surface area contributed by atoms with Crippen molar-refractivity contribution in [2.75, 3.05) is 9.80 Å². The molecule has 1 unspecified atom stereocenters. The van der Waals surface area contributed by atoms with E-state index in [0.717, 1.165) is 67.2 Å². The summed E-state index contributed by atoms with van der Waals surface area (Å²) in [5, 5.41) is 4.56. The Morgan fingerprint density at radius 1 is 0.351 bits per heavy atom. The monoisotopic (exact) mass is 948 g/mol. The van der Waals surface area contributed by atoms with Crippen molar-refractivity contribution >= 4 is 66.8 Å². The number of para-hydroxylation sites is 3. The third-order valence-corrected chi connectivity index (χ3v) is 16.6. The Labute approximate surface area is 432 Å². The van der Waals surface area contributed by atoms with Crippen LogP contribution in [-0.4, -0.2) is 0 Å². The third kappa shape index (κ3) is 6.52. The first kappa shape index (κ1) is 42.7. The molecule has 1 saturated carbocycles. The highest BCUT2D eigenvalue weighted by molar-refractivity contribution is 6.11. The predicted molar refractivity (Wildman–Crippen MR) is 308 cm³/mol. The molecule has 3 aliphatic rings. The van der Waals surface area contributed by atoms with Gasteiger partial charge in [0.1, 0.15) is 5.58 Å². The second-order valence-electron chi connectivity index (χ2n) is 20.6. The minimum atomic E-state index is -0.625. The Morgan fingerprint density at radius 2 is 0.892 bits per heavy atom. The van der Waals surface area contributed by atoms with Crippen molar-refractivity contribution in [2.45, 2.75) is 43.4 Å². The van der Waals surface area contributed by atoms with Gasteiger partial charge in [0.2, 0.25) is 0 Å². The van der Waals surface area contributed by atoms with Gasteiger partial charge in [-0.25, -0.2) is 0 Å². The average molecular weight is 949 g/mol. The van der Waals surface area contributed by atoms with E-state index in [1.807, 2.05) is 0 Å². The molecule has 0 aliphatic heterocycles. The van der Waals surface area contributed by atoms with Gasteiger partial charge in [-0.15, -0.1) is 0 Å². The number of hydrogen-bond donors (Lipinski definition) is 0. The number of furan rings is 1. The average Bonchev–Trinajstić information content (AvgIpc) is 4.26. The van der Waals surface area contributed by atoms with Gasteiger partial charge in [0, 0.05) is 39.1 Å². The Morgan fingerprint density at radius 3 is 1.59 bits per heavy atom. The lowest BCUT2D eigenvalue weighted by molar-refractivity contribution is 0.443. The maximum Gasteiger partial charge on any atom is 0.159 e. The van der Waals surface area contributed by atoms with E-state index in [9.17, 15) is 0 Å². The van der Waals surface area contributed by atoms with Gasteiger partial charge in [0.15, 0.2) is 5.58 Å². The van der Waals surface area contributed by atoms with Crippen molar-refractivity contribution < 1.29 is 4.42 Å². The summed E-state index contributed by atoms with van der Waals surface area (Å²) in [6, 6.07) is 92.6. The van der Waals surface area contributed by atoms with Crippen LogP contribution in [0.1, 0.15) is 65.8 Å². The molecular formula is C71H52N2O. The number of fused-ring (bicyclic) bond motifs is 14. The predicted octanol–water partition coefficient (Wildman–Crippen LogP) is 19.7. The van der Waals surface area contributed by atoms with Crippen molar-refractivity contribution in [3.63, 3.8) is 0 Å². The molecule has 74 heavy (non-hydrogen) atoms. The molecular weight excluding hydrogens is 897 g/mol. The Hall–Kier alpha value is -8.92. The fraction of sp³-hybridized carbons (Fsp3) is 0.0986. The summed E-state index contributed by atoms with van der Waals surface area (Å²) in [5.74, 6) is 0.641. The van der Waals surface area contributed by atoms with Crippen molar-refractivity contribution in [3.8, 4) is 33.4 Å². The maximum atomic E-state index is 6.97. The number of rotatable bonds is 8. The Kier molecular flexibility index (Phi) is 9.88. The molecule has 1 spiro atoms. The van der Waals surface area contributed by atoms with Crippen molar-refractivity contribution in [3.05, 3.63) is 277 Å². The third-order valence-electron chi connectivity index (χ3n) is 16.6. The van der Waals surface area contributed by atoms with Crippen LogP contribution in [0.2, 0.25) is 0 Å².